The van der Waals surface area contributed by atoms with Gasteiger partial charge in [-0.1, -0.05) is 13.3 Å². The molecular weight excluding hydrogens is 230 g/mol. The molecule has 0 aliphatic rings. The number of pyridine rings is 1. The van der Waals surface area contributed by atoms with Gasteiger partial charge in [0.1, 0.15) is 11.9 Å². The van der Waals surface area contributed by atoms with Crippen molar-refractivity contribution in [2.75, 3.05) is 11.9 Å². The van der Waals surface area contributed by atoms with Crippen LogP contribution < -0.4 is 5.32 Å². The molecule has 0 saturated carbocycles. The van der Waals surface area contributed by atoms with Crippen molar-refractivity contribution in [1.29, 1.82) is 5.26 Å². The summed E-state index contributed by atoms with van der Waals surface area (Å²) in [7, 11) is 0. The van der Waals surface area contributed by atoms with Crippen LogP contribution in [0.3, 0.4) is 0 Å². The lowest BCUT2D eigenvalue weighted by Gasteiger charge is -2.13. The summed E-state index contributed by atoms with van der Waals surface area (Å²) in [5.74, 6) is -0.820. The predicted octanol–water partition coefficient (Wildman–Crippen LogP) is 2.17. The van der Waals surface area contributed by atoms with Gasteiger partial charge in [-0.05, 0) is 25.5 Å². The third-order valence-corrected chi connectivity index (χ3v) is 2.66. The van der Waals surface area contributed by atoms with E-state index in [0.717, 1.165) is 12.1 Å². The molecule has 0 fully saturated rings. The molecule has 96 valence electrons. The summed E-state index contributed by atoms with van der Waals surface area (Å²) in [6.45, 7) is 4.06. The van der Waals surface area contributed by atoms with Gasteiger partial charge >= 0.3 is 5.97 Å². The molecule has 0 bridgehead atoms. The molecular formula is C13H17N3O2. The summed E-state index contributed by atoms with van der Waals surface area (Å²) in [6.07, 6.45) is 1.42. The summed E-state index contributed by atoms with van der Waals surface area (Å²) in [5.41, 5.74) is 1.22. The summed E-state index contributed by atoms with van der Waals surface area (Å²) >= 11 is 0. The monoisotopic (exact) mass is 247 g/mol. The molecule has 1 rings (SSSR count). The van der Waals surface area contributed by atoms with Gasteiger partial charge in [-0.25, -0.2) is 4.98 Å². The minimum Gasteiger partial charge on any atom is -0.481 e. The molecule has 0 saturated heterocycles. The van der Waals surface area contributed by atoms with Gasteiger partial charge in [-0.2, -0.15) is 5.26 Å². The lowest BCUT2D eigenvalue weighted by atomic mass is 10.0. The van der Waals surface area contributed by atoms with Gasteiger partial charge in [-0.15, -0.1) is 0 Å². The van der Waals surface area contributed by atoms with Gasteiger partial charge in [0, 0.05) is 12.2 Å². The van der Waals surface area contributed by atoms with Crippen molar-refractivity contribution < 1.29 is 9.90 Å². The van der Waals surface area contributed by atoms with Crippen LogP contribution in [-0.4, -0.2) is 22.6 Å². The van der Waals surface area contributed by atoms with E-state index in [1.54, 1.807) is 12.1 Å². The minimum atomic E-state index is -0.824. The number of hydrogen-bond acceptors (Lipinski definition) is 4. The molecule has 0 spiro atoms. The van der Waals surface area contributed by atoms with Crippen LogP contribution in [0, 0.1) is 24.2 Å². The Balaban J connectivity index is 2.75. The third-order valence-electron chi connectivity index (χ3n) is 2.66. The van der Waals surface area contributed by atoms with Crippen molar-refractivity contribution in [2.45, 2.75) is 26.7 Å². The molecule has 5 nitrogen and oxygen atoms in total. The Morgan fingerprint density at radius 3 is 2.89 bits per heavy atom. The van der Waals surface area contributed by atoms with E-state index in [1.165, 1.54) is 0 Å². The number of aryl methyl sites for hydroxylation is 1. The number of aliphatic carboxylic acids is 1. The van der Waals surface area contributed by atoms with Gasteiger partial charge in [0.2, 0.25) is 0 Å². The first kappa shape index (κ1) is 14.0. The molecule has 0 radical (unpaired) electrons. The zero-order valence-electron chi connectivity index (χ0n) is 10.6. The van der Waals surface area contributed by atoms with Crippen LogP contribution >= 0.6 is 0 Å². The van der Waals surface area contributed by atoms with Gasteiger partial charge < -0.3 is 10.4 Å². The first-order valence-corrected chi connectivity index (χ1v) is 5.93. The third kappa shape index (κ3) is 3.74. The van der Waals surface area contributed by atoms with E-state index in [2.05, 4.69) is 10.3 Å². The predicted molar refractivity (Wildman–Crippen MR) is 68.2 cm³/mol. The highest BCUT2D eigenvalue weighted by Crippen LogP contribution is 2.14. The van der Waals surface area contributed by atoms with Gasteiger partial charge in [0.15, 0.2) is 0 Å². The van der Waals surface area contributed by atoms with E-state index in [9.17, 15) is 4.79 Å². The fourth-order valence-corrected chi connectivity index (χ4v) is 1.66. The summed E-state index contributed by atoms with van der Waals surface area (Å²) in [5, 5.41) is 20.9. The van der Waals surface area contributed by atoms with E-state index in [4.69, 9.17) is 10.4 Å². The summed E-state index contributed by atoms with van der Waals surface area (Å²) in [6, 6.07) is 5.47. The maximum atomic E-state index is 11.0. The number of carbonyl (C=O) groups is 1. The maximum absolute atomic E-state index is 11.0. The average molecular weight is 247 g/mol. The molecule has 0 aliphatic heterocycles. The van der Waals surface area contributed by atoms with Crippen molar-refractivity contribution in [3.63, 3.8) is 0 Å². The molecule has 0 amide bonds. The molecule has 1 unspecified atom stereocenters. The van der Waals surface area contributed by atoms with Crippen molar-refractivity contribution in [3.8, 4) is 6.07 Å². The van der Waals surface area contributed by atoms with Crippen LogP contribution in [0.15, 0.2) is 12.1 Å². The van der Waals surface area contributed by atoms with Gasteiger partial charge in [-0.3, -0.25) is 4.79 Å². The zero-order valence-corrected chi connectivity index (χ0v) is 10.6. The second-order valence-electron chi connectivity index (χ2n) is 4.17. The number of nitrogens with one attached hydrogen (secondary N) is 1. The molecule has 1 aromatic heterocycles. The lowest BCUT2D eigenvalue weighted by molar-refractivity contribution is -0.141. The molecule has 2 N–H and O–H groups in total. The molecule has 5 heteroatoms. The fourth-order valence-electron chi connectivity index (χ4n) is 1.66. The number of anilines is 1. The van der Waals surface area contributed by atoms with E-state index in [0.29, 0.717) is 17.8 Å². The topological polar surface area (TPSA) is 86.0 Å². The number of nitriles is 1. The largest absolute Gasteiger partial charge is 0.481 e. The molecule has 1 heterocycles. The Hall–Kier alpha value is -2.09. The average Bonchev–Trinajstić information content (AvgIpc) is 2.34. The Kier molecular flexibility index (Phi) is 5.12. The molecule has 1 aromatic rings. The van der Waals surface area contributed by atoms with Crippen molar-refractivity contribution in [2.24, 2.45) is 5.92 Å². The smallest absolute Gasteiger partial charge is 0.308 e. The number of carboxylic acids is 1. The van der Waals surface area contributed by atoms with Crippen LogP contribution in [-0.2, 0) is 4.79 Å². The Labute approximate surface area is 106 Å². The summed E-state index contributed by atoms with van der Waals surface area (Å²) < 4.78 is 0. The highest BCUT2D eigenvalue weighted by molar-refractivity contribution is 5.70. The maximum Gasteiger partial charge on any atom is 0.308 e. The quantitative estimate of drug-likeness (QED) is 0.804. The van der Waals surface area contributed by atoms with Crippen molar-refractivity contribution in [1.82, 2.24) is 4.98 Å². The van der Waals surface area contributed by atoms with Crippen LogP contribution in [0.2, 0.25) is 0 Å². The first-order valence-electron chi connectivity index (χ1n) is 5.93. The summed E-state index contributed by atoms with van der Waals surface area (Å²) in [4.78, 5) is 15.2. The molecule has 18 heavy (non-hydrogen) atoms. The van der Waals surface area contributed by atoms with E-state index < -0.39 is 11.9 Å². The lowest BCUT2D eigenvalue weighted by Crippen LogP contribution is -2.23. The van der Waals surface area contributed by atoms with Gasteiger partial charge in [0.05, 0.1) is 11.5 Å². The van der Waals surface area contributed by atoms with Crippen LogP contribution in [0.5, 0.6) is 0 Å². The Bertz CT molecular complexity index is 466. The van der Waals surface area contributed by atoms with Crippen LogP contribution in [0.25, 0.3) is 0 Å². The number of aromatic nitrogens is 1. The first-order chi connectivity index (χ1) is 8.58. The highest BCUT2D eigenvalue weighted by atomic mass is 16.4. The molecule has 1 atom stereocenters. The number of hydrogen-bond donors (Lipinski definition) is 2. The van der Waals surface area contributed by atoms with E-state index in [-0.39, 0.29) is 6.54 Å². The number of carboxylic acid groups (broad SMARTS) is 1. The number of rotatable bonds is 6. The Morgan fingerprint density at radius 2 is 2.33 bits per heavy atom. The van der Waals surface area contributed by atoms with Gasteiger partial charge in [0.25, 0.3) is 0 Å². The molecule has 0 aliphatic carbocycles. The highest BCUT2D eigenvalue weighted by Gasteiger charge is 2.16. The second kappa shape index (κ2) is 6.60. The van der Waals surface area contributed by atoms with Crippen molar-refractivity contribution >= 4 is 11.8 Å². The molecule has 0 aromatic carbocycles. The van der Waals surface area contributed by atoms with E-state index in [1.807, 2.05) is 19.9 Å². The minimum absolute atomic E-state index is 0.286. The van der Waals surface area contributed by atoms with E-state index >= 15 is 0 Å². The Morgan fingerprint density at radius 1 is 1.61 bits per heavy atom. The number of nitrogens with zero attached hydrogens (tertiary/aromatic N) is 2. The SMILES string of the molecule is CCCC(CNc1nc(C)ccc1C#N)C(=O)O. The standard InChI is InChI=1S/C13H17N3O2/c1-3-4-11(13(17)18)8-15-12-10(7-14)6-5-9(2)16-12/h5-6,11H,3-4,8H2,1-2H3,(H,15,16)(H,17,18). The van der Waals surface area contributed by atoms with Crippen LogP contribution in [0.1, 0.15) is 31.0 Å². The van der Waals surface area contributed by atoms with Crippen molar-refractivity contribution in [3.05, 3.63) is 23.4 Å². The van der Waals surface area contributed by atoms with Crippen LogP contribution in [0.4, 0.5) is 5.82 Å². The fraction of sp³-hybridized carbons (Fsp3) is 0.462. The normalized spacial score (nSPS) is 11.6. The second-order valence-corrected chi connectivity index (χ2v) is 4.17. The zero-order chi connectivity index (χ0) is 13.5.